The topological polar surface area (TPSA) is 52.3 Å². The van der Waals surface area contributed by atoms with Crippen LogP contribution in [0.2, 0.25) is 0 Å². The molecule has 0 spiro atoms. The first-order chi connectivity index (χ1) is 4.16. The fourth-order valence-electron chi connectivity index (χ4n) is 0.541. The van der Waals surface area contributed by atoms with Crippen molar-refractivity contribution in [3.8, 4) is 0 Å². The lowest BCUT2D eigenvalue weighted by molar-refractivity contribution is 0.229. The predicted octanol–water partition coefficient (Wildman–Crippen LogP) is 1.11. The second-order valence-electron chi connectivity index (χ2n) is 1.93. The lowest BCUT2D eigenvalue weighted by atomic mass is 10.3. The monoisotopic (exact) mass is 150 g/mol. The highest BCUT2D eigenvalue weighted by molar-refractivity contribution is 7.38. The zero-order chi connectivity index (χ0) is 7.28. The Bertz CT molecular complexity index is 97.0. The fraction of sp³-hybridized carbons (Fsp3) is 1.00. The molecule has 0 aliphatic rings. The van der Waals surface area contributed by atoms with E-state index in [1.165, 1.54) is 0 Å². The van der Waals surface area contributed by atoms with Gasteiger partial charge in [-0.25, -0.2) is 0 Å². The minimum absolute atomic E-state index is 0.0311. The molecule has 0 rings (SSSR count). The van der Waals surface area contributed by atoms with Gasteiger partial charge in [0.1, 0.15) is 6.10 Å². The standard InChI is InChI=1S/C5H13NO2P/c1-5(3-4-6)8-9(2)7/h5H,3-4,6H2,1-2H3/q+1. The average Bonchev–Trinajstić information content (AvgIpc) is 1.63. The summed E-state index contributed by atoms with van der Waals surface area (Å²) in [5, 5.41) is 0. The quantitative estimate of drug-likeness (QED) is 0.611. The minimum Gasteiger partial charge on any atom is -0.330 e. The van der Waals surface area contributed by atoms with Gasteiger partial charge in [-0.1, -0.05) is 0 Å². The van der Waals surface area contributed by atoms with Gasteiger partial charge in [-0.05, 0) is 24.5 Å². The van der Waals surface area contributed by atoms with Crippen molar-refractivity contribution in [2.75, 3.05) is 13.2 Å². The summed E-state index contributed by atoms with van der Waals surface area (Å²) in [5.74, 6) is 0. The first-order valence-electron chi connectivity index (χ1n) is 2.94. The van der Waals surface area contributed by atoms with Crippen molar-refractivity contribution in [1.29, 1.82) is 0 Å². The SMILES string of the molecule is CC(CCN)O[P+](C)=O. The lowest BCUT2D eigenvalue weighted by Crippen LogP contribution is -2.10. The van der Waals surface area contributed by atoms with Gasteiger partial charge < -0.3 is 5.73 Å². The molecule has 4 heteroatoms. The van der Waals surface area contributed by atoms with Crippen molar-refractivity contribution in [1.82, 2.24) is 0 Å². The highest BCUT2D eigenvalue weighted by Crippen LogP contribution is 2.19. The largest absolute Gasteiger partial charge is 0.505 e. The first kappa shape index (κ1) is 9.02. The van der Waals surface area contributed by atoms with Crippen LogP contribution in [0.25, 0.3) is 0 Å². The second kappa shape index (κ2) is 4.86. The third kappa shape index (κ3) is 5.90. The van der Waals surface area contributed by atoms with E-state index in [0.29, 0.717) is 6.54 Å². The van der Waals surface area contributed by atoms with Gasteiger partial charge in [0.15, 0.2) is 6.66 Å². The van der Waals surface area contributed by atoms with Crippen molar-refractivity contribution >= 4 is 8.03 Å². The summed E-state index contributed by atoms with van der Waals surface area (Å²) in [4.78, 5) is 0. The van der Waals surface area contributed by atoms with E-state index >= 15 is 0 Å². The summed E-state index contributed by atoms with van der Waals surface area (Å²) in [6, 6.07) is 0. The van der Waals surface area contributed by atoms with Crippen LogP contribution < -0.4 is 5.73 Å². The molecule has 2 atom stereocenters. The Morgan fingerprint density at radius 1 is 1.78 bits per heavy atom. The Hall–Kier alpha value is 0.0200. The highest BCUT2D eigenvalue weighted by Gasteiger charge is 2.12. The smallest absolute Gasteiger partial charge is 0.330 e. The van der Waals surface area contributed by atoms with Gasteiger partial charge in [0.05, 0.1) is 0 Å². The van der Waals surface area contributed by atoms with E-state index in [2.05, 4.69) is 0 Å². The molecule has 0 radical (unpaired) electrons. The Morgan fingerprint density at radius 2 is 2.33 bits per heavy atom. The van der Waals surface area contributed by atoms with Crippen LogP contribution in [0.4, 0.5) is 0 Å². The summed E-state index contributed by atoms with van der Waals surface area (Å²) >= 11 is 0. The normalized spacial score (nSPS) is 15.2. The molecule has 0 saturated carbocycles. The van der Waals surface area contributed by atoms with E-state index in [-0.39, 0.29) is 6.10 Å². The van der Waals surface area contributed by atoms with E-state index in [4.69, 9.17) is 10.3 Å². The number of hydrogen-bond donors (Lipinski definition) is 1. The van der Waals surface area contributed by atoms with Crippen LogP contribution in [0.5, 0.6) is 0 Å². The van der Waals surface area contributed by atoms with Gasteiger partial charge in [0, 0.05) is 0 Å². The summed E-state index contributed by atoms with van der Waals surface area (Å²) in [6.45, 7) is 4.00. The molecule has 0 aliphatic heterocycles. The van der Waals surface area contributed by atoms with Crippen molar-refractivity contribution in [3.63, 3.8) is 0 Å². The molecular weight excluding hydrogens is 137 g/mol. The number of rotatable bonds is 4. The van der Waals surface area contributed by atoms with E-state index in [1.807, 2.05) is 6.92 Å². The first-order valence-corrected chi connectivity index (χ1v) is 4.57. The van der Waals surface area contributed by atoms with Crippen LogP contribution in [0, 0.1) is 0 Å². The van der Waals surface area contributed by atoms with Gasteiger partial charge in [-0.2, -0.15) is 0 Å². The molecule has 0 bridgehead atoms. The van der Waals surface area contributed by atoms with Crippen molar-refractivity contribution in [2.45, 2.75) is 19.4 Å². The third-order valence-electron chi connectivity index (χ3n) is 0.902. The molecule has 0 aromatic heterocycles. The number of nitrogens with two attached hydrogens (primary N) is 1. The summed E-state index contributed by atoms with van der Waals surface area (Å²) in [5.41, 5.74) is 5.23. The zero-order valence-electron chi connectivity index (χ0n) is 5.83. The summed E-state index contributed by atoms with van der Waals surface area (Å²) in [7, 11) is -1.46. The van der Waals surface area contributed by atoms with Crippen LogP contribution in [-0.2, 0) is 9.09 Å². The van der Waals surface area contributed by atoms with Crippen LogP contribution in [0.3, 0.4) is 0 Å². The zero-order valence-corrected chi connectivity index (χ0v) is 6.73. The molecule has 3 nitrogen and oxygen atoms in total. The van der Waals surface area contributed by atoms with E-state index in [1.54, 1.807) is 6.66 Å². The molecule has 2 unspecified atom stereocenters. The Labute approximate surface area is 56.4 Å². The van der Waals surface area contributed by atoms with Gasteiger partial charge >= 0.3 is 8.03 Å². The molecule has 0 heterocycles. The molecule has 0 aliphatic carbocycles. The molecular formula is C5H13NO2P+. The fourth-order valence-corrected chi connectivity index (χ4v) is 1.15. The molecule has 0 fully saturated rings. The minimum atomic E-state index is -1.46. The second-order valence-corrected chi connectivity index (χ2v) is 3.02. The van der Waals surface area contributed by atoms with Gasteiger partial charge in [0.2, 0.25) is 0 Å². The van der Waals surface area contributed by atoms with E-state index < -0.39 is 8.03 Å². The molecule has 9 heavy (non-hydrogen) atoms. The molecule has 2 N–H and O–H groups in total. The van der Waals surface area contributed by atoms with Crippen molar-refractivity contribution in [2.24, 2.45) is 5.73 Å². The third-order valence-corrected chi connectivity index (χ3v) is 1.56. The van der Waals surface area contributed by atoms with E-state index in [9.17, 15) is 4.57 Å². The van der Waals surface area contributed by atoms with Gasteiger partial charge in [0.25, 0.3) is 0 Å². The maximum Gasteiger partial charge on any atom is 0.505 e. The maximum absolute atomic E-state index is 10.4. The molecule has 0 saturated heterocycles. The summed E-state index contributed by atoms with van der Waals surface area (Å²) in [6.07, 6.45) is 0.804. The summed E-state index contributed by atoms with van der Waals surface area (Å²) < 4.78 is 15.3. The molecule has 54 valence electrons. The van der Waals surface area contributed by atoms with Crippen LogP contribution in [0.15, 0.2) is 0 Å². The maximum atomic E-state index is 10.4. The molecule has 0 amide bonds. The van der Waals surface area contributed by atoms with Gasteiger partial charge in [-0.15, -0.1) is 4.52 Å². The Balaban J connectivity index is 3.26. The Kier molecular flexibility index (Phi) is 4.87. The van der Waals surface area contributed by atoms with E-state index in [0.717, 1.165) is 6.42 Å². The lowest BCUT2D eigenvalue weighted by Gasteiger charge is -1.98. The van der Waals surface area contributed by atoms with Crippen LogP contribution in [-0.4, -0.2) is 19.3 Å². The highest BCUT2D eigenvalue weighted by atomic mass is 31.1. The Morgan fingerprint density at radius 3 is 2.67 bits per heavy atom. The van der Waals surface area contributed by atoms with Crippen LogP contribution in [0.1, 0.15) is 13.3 Å². The number of hydrogen-bond acceptors (Lipinski definition) is 3. The van der Waals surface area contributed by atoms with Crippen LogP contribution >= 0.6 is 8.03 Å². The van der Waals surface area contributed by atoms with Crippen molar-refractivity contribution in [3.05, 3.63) is 0 Å². The van der Waals surface area contributed by atoms with Gasteiger partial charge in [-0.3, -0.25) is 0 Å². The average molecular weight is 150 g/mol. The molecule has 0 aromatic rings. The predicted molar refractivity (Wildman–Crippen MR) is 37.7 cm³/mol. The molecule has 0 aromatic carbocycles. The van der Waals surface area contributed by atoms with Crippen molar-refractivity contribution < 1.29 is 9.09 Å².